The van der Waals surface area contributed by atoms with Crippen molar-refractivity contribution < 1.29 is 122 Å². The molecule has 0 fully saturated rings. The maximum absolute atomic E-state index is 13.4. The molecular weight excluding hydrogens is 1210 g/mol. The summed E-state index contributed by atoms with van der Waals surface area (Å²) in [5.74, 6) is 2.91. The molecule has 23 heteroatoms. The molecule has 0 radical (unpaired) electrons. The van der Waals surface area contributed by atoms with Crippen molar-refractivity contribution in [1.29, 1.82) is 10.5 Å². The van der Waals surface area contributed by atoms with Crippen LogP contribution in [-0.2, 0) is 30.6 Å². The Hall–Kier alpha value is -7.96. The van der Waals surface area contributed by atoms with Crippen LogP contribution in [0.25, 0.3) is 33.4 Å². The van der Waals surface area contributed by atoms with Crippen molar-refractivity contribution in [3.8, 4) is 103 Å². The molecule has 0 heterocycles. The van der Waals surface area contributed by atoms with E-state index in [1.807, 2.05) is 60.7 Å². The van der Waals surface area contributed by atoms with Crippen molar-refractivity contribution in [3.63, 3.8) is 0 Å². The van der Waals surface area contributed by atoms with Crippen LogP contribution in [0.3, 0.4) is 0 Å². The van der Waals surface area contributed by atoms with Crippen molar-refractivity contribution in [3.05, 3.63) is 246 Å². The van der Waals surface area contributed by atoms with Gasteiger partial charge in [0.15, 0.2) is 9.84 Å². The summed E-state index contributed by atoms with van der Waals surface area (Å²) in [7, 11) is -12.5. The van der Waals surface area contributed by atoms with Crippen LogP contribution in [0.15, 0.2) is 233 Å². The first kappa shape index (κ1) is 66.2. The maximum atomic E-state index is 13.4. The van der Waals surface area contributed by atoms with E-state index in [2.05, 4.69) is 18.2 Å². The number of hydrogen-bond acceptors (Lipinski definition) is 16. The third-order valence-corrected chi connectivity index (χ3v) is 15.0. The van der Waals surface area contributed by atoms with Crippen LogP contribution < -0.4 is 78.1 Å². The molecule has 0 amide bonds. The van der Waals surface area contributed by atoms with E-state index in [-0.39, 0.29) is 92.8 Å². The van der Waals surface area contributed by atoms with E-state index in [0.717, 1.165) is 51.6 Å². The van der Waals surface area contributed by atoms with Gasteiger partial charge < -0.3 is 33.7 Å². The number of sulfone groups is 1. The topological polar surface area (TPSA) is 268 Å². The molecule has 0 aliphatic heterocycles. The van der Waals surface area contributed by atoms with E-state index < -0.39 is 40.4 Å². The zero-order chi connectivity index (χ0) is 59.3. The largest absolute Gasteiger partial charge is 1.00 e. The van der Waals surface area contributed by atoms with Crippen molar-refractivity contribution in [1.82, 2.24) is 0 Å². The van der Waals surface area contributed by atoms with Crippen molar-refractivity contribution in [2.24, 2.45) is 0 Å². The van der Waals surface area contributed by atoms with E-state index >= 15 is 0 Å². The summed E-state index contributed by atoms with van der Waals surface area (Å²) < 4.78 is 112. The molecule has 16 nitrogen and oxygen atoms in total. The molecule has 10 rings (SSSR count). The van der Waals surface area contributed by atoms with Gasteiger partial charge in [-0.05, 0) is 154 Å². The number of ether oxygens (including phenoxy) is 4. The standard InChI is InChI=1S/C36H25O9S2.C26H14Cl2N2O2.2Na.O3S/c37-28-9-1-24(2-10-28)26-5-13-30(14-6-26)44-31-17-19-33(20-18-31)46(39,40)34-21-22-35(36(23-34)47(41,42)43)45-32-15-7-27(8-16-32)25-3-11-29(38)12-4-25;27-23-3-1-5-25(21(23)15-29)31-19-11-7-17(8-12-19)18-9-13-20(14-10-18)32-26-6-2-4-24(28)22(26)16-30;;;1-4(2)3/h1-17,19-23,37-38H,(H,41,42,43);1-14H;;;/q-1;;2*+1;/p-1. The minimum absolute atomic E-state index is 0. The molecule has 0 unspecified atom stereocenters. The van der Waals surface area contributed by atoms with Crippen LogP contribution in [0.1, 0.15) is 11.1 Å². The van der Waals surface area contributed by atoms with Crippen LogP contribution >= 0.6 is 23.2 Å². The van der Waals surface area contributed by atoms with Crippen LogP contribution in [0.2, 0.25) is 10.0 Å². The fourth-order valence-corrected chi connectivity index (χ4v) is 10.1. The molecule has 0 spiro atoms. The summed E-state index contributed by atoms with van der Waals surface area (Å²) in [5.41, 5.74) is 6.00. The number of nitriles is 2. The summed E-state index contributed by atoms with van der Waals surface area (Å²) >= 11 is 12.1. The smallest absolute Gasteiger partial charge is 0.744 e. The van der Waals surface area contributed by atoms with Crippen LogP contribution in [-0.4, -0.2) is 44.2 Å². The van der Waals surface area contributed by atoms with Gasteiger partial charge in [-0.25, -0.2) is 16.8 Å². The summed E-state index contributed by atoms with van der Waals surface area (Å²) in [5, 5.41) is 38.2. The molecule has 414 valence electrons. The van der Waals surface area contributed by atoms with Gasteiger partial charge in [0.05, 0.1) is 19.8 Å². The molecule has 0 saturated heterocycles. The second kappa shape index (κ2) is 30.2. The molecule has 0 aliphatic carbocycles. The summed E-state index contributed by atoms with van der Waals surface area (Å²) in [6.07, 6.45) is 0. The van der Waals surface area contributed by atoms with Gasteiger partial charge in [-0.3, -0.25) is 0 Å². The van der Waals surface area contributed by atoms with Gasteiger partial charge in [0.25, 0.3) is 0 Å². The first-order valence-corrected chi connectivity index (χ1v) is 28.6. The number of phenols is 2. The Morgan fingerprint density at radius 3 is 1.11 bits per heavy atom. The first-order valence-electron chi connectivity index (χ1n) is 24.0. The number of rotatable bonds is 14. The SMILES string of the molecule is N#Cc1c(Cl)cccc1Oc1ccc(-c2ccc(Oc3cccc(Cl)c3C#N)cc2)cc1.O=S(=O)([O-])c1cc(S(=O)(=O)c2c[c-]c(Oc3ccc(-c4ccc(O)cc4)cc3)cc2)ccc1Oc1ccc(-c2ccc(O)cc2)cc1.O=S(=O)=O.[Na+].[Na+]. The maximum Gasteiger partial charge on any atom is 1.00 e. The summed E-state index contributed by atoms with van der Waals surface area (Å²) in [6, 6.07) is 66.0. The number of phenolic OH excluding ortho intramolecular Hbond substituents is 2. The van der Waals surface area contributed by atoms with Gasteiger partial charge in [-0.2, -0.15) is 22.7 Å². The van der Waals surface area contributed by atoms with Crippen LogP contribution in [0.4, 0.5) is 0 Å². The second-order valence-electron chi connectivity index (χ2n) is 17.2. The van der Waals surface area contributed by atoms with E-state index in [9.17, 15) is 42.1 Å². The average molecular weight is 1250 g/mol. The Morgan fingerprint density at radius 1 is 0.447 bits per heavy atom. The Balaban J connectivity index is 0.000000266. The Labute approximate surface area is 544 Å². The zero-order valence-corrected chi connectivity index (χ0v) is 52.4. The third kappa shape index (κ3) is 17.8. The average Bonchev–Trinajstić information content (AvgIpc) is 3.67. The van der Waals surface area contributed by atoms with Gasteiger partial charge >= 0.3 is 69.7 Å². The Kier molecular flexibility index (Phi) is 23.5. The van der Waals surface area contributed by atoms with Gasteiger partial charge in [0.2, 0.25) is 0 Å². The first-order chi connectivity index (χ1) is 39.8. The van der Waals surface area contributed by atoms with Gasteiger partial charge in [-0.15, -0.1) is 24.8 Å². The van der Waals surface area contributed by atoms with Gasteiger partial charge in [0, 0.05) is 5.75 Å². The second-order valence-corrected chi connectivity index (χ2v) is 21.7. The number of hydrogen-bond donors (Lipinski definition) is 2. The number of benzene rings is 10. The number of halogens is 2. The number of nitrogens with zero attached hydrogens (tertiary/aromatic N) is 2. The molecule has 10 aromatic rings. The quantitative estimate of drug-likeness (QED) is 0.0586. The predicted molar refractivity (Wildman–Crippen MR) is 306 cm³/mol. The van der Waals surface area contributed by atoms with Crippen LogP contribution in [0, 0.1) is 28.7 Å². The molecule has 10 aromatic carbocycles. The van der Waals surface area contributed by atoms with E-state index in [1.54, 1.807) is 121 Å². The fraction of sp³-hybridized carbons (Fsp3) is 0. The molecule has 0 aromatic heterocycles. The Morgan fingerprint density at radius 2 is 0.776 bits per heavy atom. The van der Waals surface area contributed by atoms with Crippen molar-refractivity contribution >= 4 is 53.8 Å². The monoisotopic (exact) mass is 1250 g/mol. The normalized spacial score (nSPS) is 10.5. The van der Waals surface area contributed by atoms with E-state index in [0.29, 0.717) is 49.9 Å². The Bertz CT molecular complexity index is 4290. The molecular formula is C62H38Cl2N2Na2O14S3. The van der Waals surface area contributed by atoms with Gasteiger partial charge in [0.1, 0.15) is 85.1 Å². The van der Waals surface area contributed by atoms with E-state index in [1.165, 1.54) is 18.2 Å². The summed E-state index contributed by atoms with van der Waals surface area (Å²) in [4.78, 5) is -1.45. The number of aromatic hydroxyl groups is 2. The van der Waals surface area contributed by atoms with Crippen molar-refractivity contribution in [2.45, 2.75) is 14.7 Å². The third-order valence-electron chi connectivity index (χ3n) is 11.8. The van der Waals surface area contributed by atoms with E-state index in [4.69, 9.17) is 54.8 Å². The minimum Gasteiger partial charge on any atom is -0.744 e. The molecule has 2 N–H and O–H groups in total. The molecule has 0 bridgehead atoms. The minimum atomic E-state index is -5.14. The predicted octanol–water partition coefficient (Wildman–Crippen LogP) is 8.55. The molecule has 85 heavy (non-hydrogen) atoms. The fourth-order valence-electron chi connectivity index (χ4n) is 7.77. The molecule has 0 atom stereocenters. The van der Waals surface area contributed by atoms with Gasteiger partial charge in [-0.1, -0.05) is 108 Å². The zero-order valence-electron chi connectivity index (χ0n) is 44.5. The summed E-state index contributed by atoms with van der Waals surface area (Å²) in [6.45, 7) is 0. The molecule has 0 saturated carbocycles. The van der Waals surface area contributed by atoms with Crippen LogP contribution in [0.5, 0.6) is 57.5 Å². The van der Waals surface area contributed by atoms with Crippen molar-refractivity contribution in [2.75, 3.05) is 0 Å². The molecule has 0 aliphatic rings.